The molecule has 3 nitrogen and oxygen atoms in total. The molecule has 1 aliphatic rings. The summed E-state index contributed by atoms with van der Waals surface area (Å²) in [6.45, 7) is 0.818. The standard InChI is InChI=1S/C9H14N2O/c10-8(6-11-7-3-4-7)9-2-1-5-12-9/h1-2,5,7-8,11H,3-4,6,10H2. The van der Waals surface area contributed by atoms with Gasteiger partial charge in [-0.2, -0.15) is 0 Å². The number of nitrogens with two attached hydrogens (primary N) is 1. The van der Waals surface area contributed by atoms with Gasteiger partial charge in [0.2, 0.25) is 0 Å². The fourth-order valence-electron chi connectivity index (χ4n) is 1.18. The normalized spacial score (nSPS) is 19.4. The molecule has 0 aromatic carbocycles. The molecule has 1 aliphatic carbocycles. The van der Waals surface area contributed by atoms with Crippen LogP contribution < -0.4 is 11.1 Å². The molecule has 0 aliphatic heterocycles. The molecular formula is C9H14N2O. The van der Waals surface area contributed by atoms with Crippen LogP contribution in [0.5, 0.6) is 0 Å². The molecule has 0 saturated heterocycles. The van der Waals surface area contributed by atoms with Crippen LogP contribution in [0, 0.1) is 0 Å². The van der Waals surface area contributed by atoms with Crippen molar-refractivity contribution < 1.29 is 4.42 Å². The van der Waals surface area contributed by atoms with E-state index in [1.165, 1.54) is 12.8 Å². The maximum atomic E-state index is 5.86. The molecular weight excluding hydrogens is 152 g/mol. The predicted octanol–water partition coefficient (Wildman–Crippen LogP) is 1.03. The predicted molar refractivity (Wildman–Crippen MR) is 46.7 cm³/mol. The van der Waals surface area contributed by atoms with Gasteiger partial charge in [-0.3, -0.25) is 0 Å². The van der Waals surface area contributed by atoms with Gasteiger partial charge in [0.25, 0.3) is 0 Å². The summed E-state index contributed by atoms with van der Waals surface area (Å²) in [5.41, 5.74) is 5.86. The fraction of sp³-hybridized carbons (Fsp3) is 0.556. The molecule has 1 aromatic heterocycles. The zero-order valence-electron chi connectivity index (χ0n) is 6.99. The molecule has 66 valence electrons. The molecule has 1 fully saturated rings. The molecule has 0 bridgehead atoms. The van der Waals surface area contributed by atoms with Gasteiger partial charge >= 0.3 is 0 Å². The molecule has 0 amide bonds. The second kappa shape index (κ2) is 3.29. The number of rotatable bonds is 4. The molecule has 1 saturated carbocycles. The van der Waals surface area contributed by atoms with Gasteiger partial charge in [-0.25, -0.2) is 0 Å². The van der Waals surface area contributed by atoms with E-state index in [0.717, 1.165) is 12.3 Å². The van der Waals surface area contributed by atoms with Crippen LogP contribution in [0.4, 0.5) is 0 Å². The first kappa shape index (κ1) is 7.83. The van der Waals surface area contributed by atoms with Gasteiger partial charge in [0.05, 0.1) is 12.3 Å². The molecule has 0 radical (unpaired) electrons. The van der Waals surface area contributed by atoms with Crippen molar-refractivity contribution in [3.05, 3.63) is 24.2 Å². The third-order valence-corrected chi connectivity index (χ3v) is 2.11. The van der Waals surface area contributed by atoms with Crippen molar-refractivity contribution in [2.45, 2.75) is 24.9 Å². The maximum Gasteiger partial charge on any atom is 0.121 e. The molecule has 0 spiro atoms. The van der Waals surface area contributed by atoms with Crippen LogP contribution in [0.15, 0.2) is 22.8 Å². The summed E-state index contributed by atoms with van der Waals surface area (Å²) in [5, 5.41) is 3.36. The summed E-state index contributed by atoms with van der Waals surface area (Å²) in [7, 11) is 0. The van der Waals surface area contributed by atoms with Gasteiger partial charge in [0.15, 0.2) is 0 Å². The summed E-state index contributed by atoms with van der Waals surface area (Å²) < 4.78 is 5.18. The van der Waals surface area contributed by atoms with E-state index in [-0.39, 0.29) is 6.04 Å². The molecule has 12 heavy (non-hydrogen) atoms. The summed E-state index contributed by atoms with van der Waals surface area (Å²) in [5.74, 6) is 0.864. The van der Waals surface area contributed by atoms with Crippen LogP contribution in [0.3, 0.4) is 0 Å². The Morgan fingerprint density at radius 3 is 3.08 bits per heavy atom. The SMILES string of the molecule is NC(CNC1CC1)c1ccco1. The van der Waals surface area contributed by atoms with Gasteiger partial charge in [0, 0.05) is 12.6 Å². The number of hydrogen-bond acceptors (Lipinski definition) is 3. The first-order chi connectivity index (χ1) is 5.86. The largest absolute Gasteiger partial charge is 0.468 e. The lowest BCUT2D eigenvalue weighted by Crippen LogP contribution is -2.28. The minimum absolute atomic E-state index is 0.000556. The highest BCUT2D eigenvalue weighted by Crippen LogP contribution is 2.19. The Balaban J connectivity index is 1.79. The molecule has 3 N–H and O–H groups in total. The smallest absolute Gasteiger partial charge is 0.121 e. The second-order valence-electron chi connectivity index (χ2n) is 3.30. The van der Waals surface area contributed by atoms with Gasteiger partial charge in [-0.15, -0.1) is 0 Å². The quantitative estimate of drug-likeness (QED) is 0.702. The highest BCUT2D eigenvalue weighted by molar-refractivity contribution is 5.04. The zero-order chi connectivity index (χ0) is 8.39. The zero-order valence-corrected chi connectivity index (χ0v) is 6.99. The van der Waals surface area contributed by atoms with E-state index in [2.05, 4.69) is 5.32 Å². The Hall–Kier alpha value is -0.800. The van der Waals surface area contributed by atoms with Crippen LogP contribution in [0.2, 0.25) is 0 Å². The summed E-state index contributed by atoms with van der Waals surface area (Å²) in [6, 6.07) is 4.50. The van der Waals surface area contributed by atoms with Gasteiger partial charge in [0.1, 0.15) is 5.76 Å². The number of nitrogens with one attached hydrogen (secondary N) is 1. The third-order valence-electron chi connectivity index (χ3n) is 2.11. The monoisotopic (exact) mass is 166 g/mol. The summed E-state index contributed by atoms with van der Waals surface area (Å²) in [6.07, 6.45) is 4.25. The van der Waals surface area contributed by atoms with E-state index in [1.54, 1.807) is 6.26 Å². The molecule has 3 heteroatoms. The first-order valence-corrected chi connectivity index (χ1v) is 4.38. The van der Waals surface area contributed by atoms with Gasteiger partial charge in [-0.1, -0.05) is 0 Å². The van der Waals surface area contributed by atoms with Crippen LogP contribution in [0.1, 0.15) is 24.6 Å². The molecule has 1 heterocycles. The molecule has 1 unspecified atom stereocenters. The van der Waals surface area contributed by atoms with Crippen molar-refractivity contribution in [3.63, 3.8) is 0 Å². The van der Waals surface area contributed by atoms with Gasteiger partial charge in [-0.05, 0) is 25.0 Å². The minimum atomic E-state index is 0.000556. The molecule has 2 rings (SSSR count). The van der Waals surface area contributed by atoms with E-state index in [0.29, 0.717) is 6.04 Å². The highest BCUT2D eigenvalue weighted by Gasteiger charge is 2.21. The number of furan rings is 1. The van der Waals surface area contributed by atoms with E-state index in [4.69, 9.17) is 10.2 Å². The Bertz CT molecular complexity index is 229. The van der Waals surface area contributed by atoms with Crippen LogP contribution in [-0.4, -0.2) is 12.6 Å². The summed E-state index contributed by atoms with van der Waals surface area (Å²) >= 11 is 0. The van der Waals surface area contributed by atoms with E-state index >= 15 is 0 Å². The molecule has 1 atom stereocenters. The van der Waals surface area contributed by atoms with Crippen molar-refractivity contribution in [3.8, 4) is 0 Å². The van der Waals surface area contributed by atoms with Crippen molar-refractivity contribution in [2.24, 2.45) is 5.73 Å². The topological polar surface area (TPSA) is 51.2 Å². The maximum absolute atomic E-state index is 5.86. The van der Waals surface area contributed by atoms with Crippen molar-refractivity contribution >= 4 is 0 Å². The van der Waals surface area contributed by atoms with Gasteiger partial charge < -0.3 is 15.5 Å². The minimum Gasteiger partial charge on any atom is -0.468 e. The number of hydrogen-bond donors (Lipinski definition) is 2. The lowest BCUT2D eigenvalue weighted by atomic mass is 10.2. The average Bonchev–Trinajstić information content (AvgIpc) is 2.74. The Morgan fingerprint density at radius 2 is 2.50 bits per heavy atom. The van der Waals surface area contributed by atoms with Crippen LogP contribution in [-0.2, 0) is 0 Å². The van der Waals surface area contributed by atoms with Crippen molar-refractivity contribution in [2.75, 3.05) is 6.54 Å². The highest BCUT2D eigenvalue weighted by atomic mass is 16.3. The van der Waals surface area contributed by atoms with E-state index in [9.17, 15) is 0 Å². The second-order valence-corrected chi connectivity index (χ2v) is 3.30. The fourth-order valence-corrected chi connectivity index (χ4v) is 1.18. The Morgan fingerprint density at radius 1 is 1.67 bits per heavy atom. The lowest BCUT2D eigenvalue weighted by Gasteiger charge is -2.08. The Labute approximate surface area is 71.9 Å². The van der Waals surface area contributed by atoms with Crippen molar-refractivity contribution in [1.82, 2.24) is 5.32 Å². The van der Waals surface area contributed by atoms with Crippen LogP contribution in [0.25, 0.3) is 0 Å². The van der Waals surface area contributed by atoms with E-state index < -0.39 is 0 Å². The summed E-state index contributed by atoms with van der Waals surface area (Å²) in [4.78, 5) is 0. The van der Waals surface area contributed by atoms with E-state index in [1.807, 2.05) is 12.1 Å². The lowest BCUT2D eigenvalue weighted by molar-refractivity contribution is 0.449. The average molecular weight is 166 g/mol. The van der Waals surface area contributed by atoms with Crippen LogP contribution >= 0.6 is 0 Å². The molecule has 1 aromatic rings. The van der Waals surface area contributed by atoms with Crippen molar-refractivity contribution in [1.29, 1.82) is 0 Å². The first-order valence-electron chi connectivity index (χ1n) is 4.38. The Kier molecular flexibility index (Phi) is 2.15. The third kappa shape index (κ3) is 1.87.